The van der Waals surface area contributed by atoms with Gasteiger partial charge in [-0.3, -0.25) is 4.79 Å². The summed E-state index contributed by atoms with van der Waals surface area (Å²) in [7, 11) is 0. The normalized spacial score (nSPS) is 16.0. The van der Waals surface area contributed by atoms with Gasteiger partial charge in [-0.25, -0.2) is 0 Å². The van der Waals surface area contributed by atoms with E-state index < -0.39 is 5.92 Å². The van der Waals surface area contributed by atoms with Crippen LogP contribution in [-0.2, 0) is 20.4 Å². The Kier molecular flexibility index (Phi) is 6.55. The second-order valence-electron chi connectivity index (χ2n) is 11.0. The maximum absolute atomic E-state index is 13.1. The van der Waals surface area contributed by atoms with E-state index in [4.69, 9.17) is 9.47 Å². The molecule has 0 amide bonds. The van der Waals surface area contributed by atoms with Gasteiger partial charge in [-0.15, -0.1) is 0 Å². The summed E-state index contributed by atoms with van der Waals surface area (Å²) in [6, 6.07) is 10.2. The van der Waals surface area contributed by atoms with Gasteiger partial charge in [0.1, 0.15) is 23.2 Å². The van der Waals surface area contributed by atoms with Gasteiger partial charge in [0, 0.05) is 17.5 Å². The number of ketones is 1. The van der Waals surface area contributed by atoms with Gasteiger partial charge in [0.05, 0.1) is 6.61 Å². The van der Waals surface area contributed by atoms with Crippen LogP contribution >= 0.6 is 0 Å². The van der Waals surface area contributed by atoms with Gasteiger partial charge in [-0.1, -0.05) is 59.7 Å². The molecule has 0 bridgehead atoms. The molecule has 2 aromatic rings. The van der Waals surface area contributed by atoms with Crippen LogP contribution in [0.4, 0.5) is 0 Å². The van der Waals surface area contributed by atoms with E-state index in [-0.39, 0.29) is 22.6 Å². The minimum absolute atomic E-state index is 0.0438. The first kappa shape index (κ1) is 24.0. The Hall–Kier alpha value is -2.62. The van der Waals surface area contributed by atoms with Crippen molar-refractivity contribution in [3.8, 4) is 11.5 Å². The molecule has 0 radical (unpaired) electrons. The van der Waals surface area contributed by atoms with Gasteiger partial charge in [0.2, 0.25) is 0 Å². The number of carbonyl (C=O) groups excluding carboxylic acids is 2. The summed E-state index contributed by atoms with van der Waals surface area (Å²) in [5.41, 5.74) is 4.96. The maximum atomic E-state index is 13.1. The standard InChI is InChI=1S/C28H36O4/c1-17-14-20(31-13-9-10-18(2)29)11-12-21(17)24-22-15-19(27(3,4)5)16-23(28(6,7)8)25(22)32-26(24)30/h11-12,14-16,24H,9-10,13H2,1-8H3. The summed E-state index contributed by atoms with van der Waals surface area (Å²) in [6.07, 6.45) is 1.22. The van der Waals surface area contributed by atoms with E-state index in [9.17, 15) is 9.59 Å². The molecule has 4 nitrogen and oxygen atoms in total. The van der Waals surface area contributed by atoms with Gasteiger partial charge in [0.25, 0.3) is 0 Å². The Balaban J connectivity index is 1.99. The van der Waals surface area contributed by atoms with Crippen molar-refractivity contribution in [1.29, 1.82) is 0 Å². The average molecular weight is 437 g/mol. The summed E-state index contributed by atoms with van der Waals surface area (Å²) in [5.74, 6) is 0.961. The molecule has 0 saturated carbocycles. The zero-order chi connectivity index (χ0) is 23.8. The highest BCUT2D eigenvalue weighted by Crippen LogP contribution is 2.47. The van der Waals surface area contributed by atoms with Crippen molar-refractivity contribution in [1.82, 2.24) is 0 Å². The highest BCUT2D eigenvalue weighted by atomic mass is 16.5. The Morgan fingerprint density at radius 2 is 1.69 bits per heavy atom. The highest BCUT2D eigenvalue weighted by Gasteiger charge is 2.40. The molecule has 0 saturated heterocycles. The summed E-state index contributed by atoms with van der Waals surface area (Å²) in [4.78, 5) is 24.2. The summed E-state index contributed by atoms with van der Waals surface area (Å²) < 4.78 is 11.7. The fourth-order valence-electron chi connectivity index (χ4n) is 4.12. The van der Waals surface area contributed by atoms with Crippen molar-refractivity contribution in [2.45, 2.75) is 85.0 Å². The number of hydrogen-bond acceptors (Lipinski definition) is 4. The van der Waals surface area contributed by atoms with E-state index in [0.717, 1.165) is 28.0 Å². The minimum Gasteiger partial charge on any atom is -0.494 e. The number of Topliss-reactive ketones (excluding diaryl/α,β-unsaturated/α-hetero) is 1. The average Bonchev–Trinajstić information content (AvgIpc) is 2.98. The van der Waals surface area contributed by atoms with Gasteiger partial charge >= 0.3 is 5.97 Å². The molecule has 0 N–H and O–H groups in total. The zero-order valence-corrected chi connectivity index (χ0v) is 20.7. The van der Waals surface area contributed by atoms with Crippen LogP contribution in [0, 0.1) is 6.92 Å². The molecular weight excluding hydrogens is 400 g/mol. The van der Waals surface area contributed by atoms with Crippen LogP contribution in [0.25, 0.3) is 0 Å². The predicted molar refractivity (Wildman–Crippen MR) is 128 cm³/mol. The molecule has 172 valence electrons. The molecule has 1 unspecified atom stereocenters. The Labute approximate surface area is 192 Å². The summed E-state index contributed by atoms with van der Waals surface area (Å²) >= 11 is 0. The highest BCUT2D eigenvalue weighted by molar-refractivity contribution is 5.91. The van der Waals surface area contributed by atoms with Gasteiger partial charge in [0.15, 0.2) is 0 Å². The largest absolute Gasteiger partial charge is 0.494 e. The van der Waals surface area contributed by atoms with Gasteiger partial charge in [-0.2, -0.15) is 0 Å². The molecule has 0 spiro atoms. The van der Waals surface area contributed by atoms with Crippen LogP contribution in [0.15, 0.2) is 30.3 Å². The molecular formula is C28H36O4. The molecule has 1 aliphatic rings. The molecule has 1 heterocycles. The SMILES string of the molecule is CC(=O)CCCOc1ccc(C2C(=O)Oc3c2cc(C(C)(C)C)cc3C(C)(C)C)c(C)c1. The fraction of sp³-hybridized carbons (Fsp3) is 0.500. The summed E-state index contributed by atoms with van der Waals surface area (Å²) in [5, 5.41) is 0. The minimum atomic E-state index is -0.444. The Morgan fingerprint density at radius 3 is 2.25 bits per heavy atom. The van der Waals surface area contributed by atoms with Crippen molar-refractivity contribution in [3.05, 3.63) is 58.1 Å². The first-order valence-corrected chi connectivity index (χ1v) is 11.4. The van der Waals surface area contributed by atoms with E-state index >= 15 is 0 Å². The third-order valence-corrected chi connectivity index (χ3v) is 6.04. The van der Waals surface area contributed by atoms with Crippen LogP contribution in [0.3, 0.4) is 0 Å². The van der Waals surface area contributed by atoms with Crippen molar-refractivity contribution in [3.63, 3.8) is 0 Å². The van der Waals surface area contributed by atoms with E-state index in [1.807, 2.05) is 25.1 Å². The first-order chi connectivity index (χ1) is 14.8. The Morgan fingerprint density at radius 1 is 1.00 bits per heavy atom. The fourth-order valence-corrected chi connectivity index (χ4v) is 4.12. The van der Waals surface area contributed by atoms with Crippen molar-refractivity contribution in [2.24, 2.45) is 0 Å². The van der Waals surface area contributed by atoms with Crippen LogP contribution < -0.4 is 9.47 Å². The van der Waals surface area contributed by atoms with Crippen molar-refractivity contribution >= 4 is 11.8 Å². The third kappa shape index (κ3) is 5.06. The molecule has 3 rings (SSSR count). The first-order valence-electron chi connectivity index (χ1n) is 11.4. The number of aryl methyl sites for hydroxylation is 1. The lowest BCUT2D eigenvalue weighted by molar-refractivity contribution is -0.133. The number of esters is 1. The molecule has 32 heavy (non-hydrogen) atoms. The topological polar surface area (TPSA) is 52.6 Å². The number of rotatable bonds is 6. The number of fused-ring (bicyclic) bond motifs is 1. The molecule has 2 aromatic carbocycles. The third-order valence-electron chi connectivity index (χ3n) is 6.04. The second-order valence-corrected chi connectivity index (χ2v) is 11.0. The molecule has 0 aliphatic carbocycles. The zero-order valence-electron chi connectivity index (χ0n) is 20.7. The lowest BCUT2D eigenvalue weighted by atomic mass is 9.77. The van der Waals surface area contributed by atoms with E-state index in [2.05, 4.69) is 53.7 Å². The lowest BCUT2D eigenvalue weighted by Gasteiger charge is -2.27. The quantitative estimate of drug-likeness (QED) is 0.299. The second kappa shape index (κ2) is 8.73. The van der Waals surface area contributed by atoms with E-state index in [1.165, 1.54) is 5.56 Å². The van der Waals surface area contributed by atoms with Crippen LogP contribution in [0.5, 0.6) is 11.5 Å². The number of hydrogen-bond donors (Lipinski definition) is 0. The number of benzene rings is 2. The number of carbonyl (C=O) groups is 2. The van der Waals surface area contributed by atoms with Crippen molar-refractivity contribution < 1.29 is 19.1 Å². The molecule has 1 aliphatic heterocycles. The number of ether oxygens (including phenoxy) is 2. The predicted octanol–water partition coefficient (Wildman–Crippen LogP) is 6.39. The molecule has 0 fully saturated rings. The van der Waals surface area contributed by atoms with E-state index in [0.29, 0.717) is 25.2 Å². The maximum Gasteiger partial charge on any atom is 0.323 e. The van der Waals surface area contributed by atoms with Crippen LogP contribution in [0.1, 0.15) is 95.0 Å². The van der Waals surface area contributed by atoms with Crippen molar-refractivity contribution in [2.75, 3.05) is 6.61 Å². The smallest absolute Gasteiger partial charge is 0.323 e. The molecule has 1 atom stereocenters. The van der Waals surface area contributed by atoms with E-state index in [1.54, 1.807) is 6.92 Å². The lowest BCUT2D eigenvalue weighted by Crippen LogP contribution is -2.17. The van der Waals surface area contributed by atoms with Gasteiger partial charge in [-0.05, 0) is 59.9 Å². The molecule has 0 aromatic heterocycles. The van der Waals surface area contributed by atoms with Crippen LogP contribution in [0.2, 0.25) is 0 Å². The Bertz CT molecular complexity index is 1030. The van der Waals surface area contributed by atoms with Crippen LogP contribution in [-0.4, -0.2) is 18.4 Å². The molecule has 4 heteroatoms. The van der Waals surface area contributed by atoms with Gasteiger partial charge < -0.3 is 14.3 Å². The monoisotopic (exact) mass is 436 g/mol. The summed E-state index contributed by atoms with van der Waals surface area (Å²) in [6.45, 7) is 17.1.